The summed E-state index contributed by atoms with van der Waals surface area (Å²) >= 11 is 0. The fraction of sp³-hybridized carbons (Fsp3) is 0.385. The first-order valence-corrected chi connectivity index (χ1v) is 5.28. The second-order valence-corrected chi connectivity index (χ2v) is 4.13. The van der Waals surface area contributed by atoms with Crippen molar-refractivity contribution < 1.29 is 9.18 Å². The fourth-order valence-corrected chi connectivity index (χ4v) is 2.09. The number of aromatic nitrogens is 1. The van der Waals surface area contributed by atoms with Gasteiger partial charge in [-0.05, 0) is 25.0 Å². The van der Waals surface area contributed by atoms with Gasteiger partial charge in [-0.1, -0.05) is 5.92 Å². The molecule has 1 aliphatic carbocycles. The molecule has 16 heavy (non-hydrogen) atoms. The lowest BCUT2D eigenvalue weighted by Gasteiger charge is -2.31. The van der Waals surface area contributed by atoms with Crippen LogP contribution in [0.1, 0.15) is 31.4 Å². The zero-order valence-electron chi connectivity index (χ0n) is 8.87. The van der Waals surface area contributed by atoms with Crippen molar-refractivity contribution in [3.8, 4) is 12.3 Å². The minimum atomic E-state index is -0.485. The largest absolute Gasteiger partial charge is 0.300 e. The Labute approximate surface area is 93.9 Å². The fourth-order valence-electron chi connectivity index (χ4n) is 2.09. The van der Waals surface area contributed by atoms with Crippen LogP contribution in [0.5, 0.6) is 0 Å². The van der Waals surface area contributed by atoms with E-state index in [1.165, 1.54) is 12.3 Å². The molecule has 82 valence electrons. The van der Waals surface area contributed by atoms with Crippen LogP contribution in [0, 0.1) is 18.2 Å². The van der Waals surface area contributed by atoms with E-state index in [-0.39, 0.29) is 11.6 Å². The molecule has 0 radical (unpaired) electrons. The molecular weight excluding hydrogens is 205 g/mol. The lowest BCUT2D eigenvalue weighted by Crippen LogP contribution is -2.31. The van der Waals surface area contributed by atoms with E-state index < -0.39 is 5.41 Å². The summed E-state index contributed by atoms with van der Waals surface area (Å²) in [5.74, 6) is 2.61. The van der Waals surface area contributed by atoms with E-state index in [1.54, 1.807) is 6.07 Å². The van der Waals surface area contributed by atoms with Crippen molar-refractivity contribution in [2.75, 3.05) is 0 Å². The molecule has 1 aromatic rings. The third kappa shape index (κ3) is 1.83. The molecule has 0 N–H and O–H groups in total. The van der Waals surface area contributed by atoms with Crippen molar-refractivity contribution in [3.63, 3.8) is 0 Å². The van der Waals surface area contributed by atoms with Crippen LogP contribution >= 0.6 is 0 Å². The summed E-state index contributed by atoms with van der Waals surface area (Å²) in [5.41, 5.74) is 0.214. The Hall–Kier alpha value is -1.69. The number of terminal acetylenes is 1. The number of pyridine rings is 1. The molecule has 1 aliphatic rings. The minimum Gasteiger partial charge on any atom is -0.300 e. The number of hydrogen-bond acceptors (Lipinski definition) is 2. The number of halogens is 1. The van der Waals surface area contributed by atoms with Crippen LogP contribution < -0.4 is 0 Å². The molecule has 1 heterocycles. The third-order valence-electron chi connectivity index (χ3n) is 3.16. The highest BCUT2D eigenvalue weighted by Crippen LogP contribution is 2.36. The highest BCUT2D eigenvalue weighted by atomic mass is 19.1. The molecule has 0 bridgehead atoms. The molecule has 0 spiro atoms. The Morgan fingerprint density at radius 3 is 2.56 bits per heavy atom. The SMILES string of the molecule is C#CC1(c2ccc(F)cn2)CCC(=O)CC1. The molecule has 0 amide bonds. The molecule has 2 nitrogen and oxygen atoms in total. The van der Waals surface area contributed by atoms with E-state index in [1.807, 2.05) is 0 Å². The van der Waals surface area contributed by atoms with Gasteiger partial charge in [0.15, 0.2) is 0 Å². The summed E-state index contributed by atoms with van der Waals surface area (Å²) < 4.78 is 12.8. The van der Waals surface area contributed by atoms with Crippen LogP contribution in [-0.2, 0) is 10.2 Å². The molecule has 3 heteroatoms. The molecule has 1 fully saturated rings. The number of carbonyl (C=O) groups is 1. The zero-order chi connectivity index (χ0) is 11.6. The Balaban J connectivity index is 2.32. The van der Waals surface area contributed by atoms with Gasteiger partial charge >= 0.3 is 0 Å². The monoisotopic (exact) mass is 217 g/mol. The summed E-state index contributed by atoms with van der Waals surface area (Å²) in [4.78, 5) is 15.2. The van der Waals surface area contributed by atoms with Gasteiger partial charge in [-0.25, -0.2) is 4.39 Å². The second-order valence-electron chi connectivity index (χ2n) is 4.13. The molecule has 0 unspecified atom stereocenters. The summed E-state index contributed by atoms with van der Waals surface area (Å²) in [5, 5.41) is 0. The zero-order valence-corrected chi connectivity index (χ0v) is 8.87. The molecule has 2 rings (SSSR count). The smallest absolute Gasteiger partial charge is 0.141 e. The van der Waals surface area contributed by atoms with Gasteiger partial charge in [0.2, 0.25) is 0 Å². The van der Waals surface area contributed by atoms with E-state index in [9.17, 15) is 9.18 Å². The topological polar surface area (TPSA) is 30.0 Å². The number of ketones is 1. The van der Waals surface area contributed by atoms with Gasteiger partial charge in [-0.2, -0.15) is 0 Å². The standard InChI is InChI=1S/C13H12FNO/c1-2-13(7-5-11(16)6-8-13)12-4-3-10(14)9-15-12/h1,3-4,9H,5-8H2. The molecule has 1 aromatic heterocycles. The van der Waals surface area contributed by atoms with Crippen LogP contribution in [0.3, 0.4) is 0 Å². The van der Waals surface area contributed by atoms with Crippen molar-refractivity contribution in [1.29, 1.82) is 0 Å². The van der Waals surface area contributed by atoms with Crippen molar-refractivity contribution in [3.05, 3.63) is 29.8 Å². The van der Waals surface area contributed by atoms with Gasteiger partial charge in [0.1, 0.15) is 11.6 Å². The van der Waals surface area contributed by atoms with Gasteiger partial charge in [0.05, 0.1) is 17.3 Å². The van der Waals surface area contributed by atoms with Crippen molar-refractivity contribution >= 4 is 5.78 Å². The quantitative estimate of drug-likeness (QED) is 0.675. The van der Waals surface area contributed by atoms with E-state index in [2.05, 4.69) is 10.9 Å². The lowest BCUT2D eigenvalue weighted by molar-refractivity contribution is -0.120. The number of hydrogen-bond donors (Lipinski definition) is 0. The Morgan fingerprint density at radius 2 is 2.06 bits per heavy atom. The van der Waals surface area contributed by atoms with E-state index in [0.717, 1.165) is 0 Å². The second kappa shape index (κ2) is 4.05. The van der Waals surface area contributed by atoms with Gasteiger partial charge in [0, 0.05) is 12.8 Å². The Kier molecular flexibility index (Phi) is 2.74. The van der Waals surface area contributed by atoms with Crippen molar-refractivity contribution in [2.24, 2.45) is 0 Å². The van der Waals surface area contributed by atoms with Crippen LogP contribution in [0.2, 0.25) is 0 Å². The first-order chi connectivity index (χ1) is 7.66. The van der Waals surface area contributed by atoms with Gasteiger partial charge in [0.25, 0.3) is 0 Å². The predicted molar refractivity (Wildman–Crippen MR) is 58.2 cm³/mol. The Bertz CT molecular complexity index is 434. The number of Topliss-reactive ketones (excluding diaryl/α,β-unsaturated/α-hetero) is 1. The Morgan fingerprint density at radius 1 is 1.38 bits per heavy atom. The maximum absolute atomic E-state index is 12.8. The molecular formula is C13H12FNO. The first-order valence-electron chi connectivity index (χ1n) is 5.28. The molecule has 0 aromatic carbocycles. The molecule has 0 saturated heterocycles. The average molecular weight is 217 g/mol. The van der Waals surface area contributed by atoms with Crippen LogP contribution in [0.4, 0.5) is 4.39 Å². The highest BCUT2D eigenvalue weighted by Gasteiger charge is 2.35. The molecule has 1 saturated carbocycles. The van der Waals surface area contributed by atoms with Crippen LogP contribution in [0.25, 0.3) is 0 Å². The van der Waals surface area contributed by atoms with Gasteiger partial charge in [-0.3, -0.25) is 9.78 Å². The predicted octanol–water partition coefficient (Wildman–Crippen LogP) is 2.23. The van der Waals surface area contributed by atoms with Crippen LogP contribution in [-0.4, -0.2) is 10.8 Å². The summed E-state index contributed by atoms with van der Waals surface area (Å²) in [6.45, 7) is 0. The van der Waals surface area contributed by atoms with Crippen molar-refractivity contribution in [1.82, 2.24) is 4.98 Å². The summed E-state index contributed by atoms with van der Waals surface area (Å²) in [6.07, 6.45) is 8.93. The van der Waals surface area contributed by atoms with Gasteiger partial charge < -0.3 is 0 Å². The van der Waals surface area contributed by atoms with Crippen LogP contribution in [0.15, 0.2) is 18.3 Å². The van der Waals surface area contributed by atoms with Crippen molar-refractivity contribution in [2.45, 2.75) is 31.1 Å². The minimum absolute atomic E-state index is 0.244. The summed E-state index contributed by atoms with van der Waals surface area (Å²) in [6, 6.07) is 2.98. The normalized spacial score (nSPS) is 19.1. The van der Waals surface area contributed by atoms with Gasteiger partial charge in [-0.15, -0.1) is 6.42 Å². The molecule has 0 atom stereocenters. The maximum atomic E-state index is 12.8. The third-order valence-corrected chi connectivity index (χ3v) is 3.16. The van der Waals surface area contributed by atoms with E-state index in [4.69, 9.17) is 6.42 Å². The first kappa shape index (κ1) is 10.8. The lowest BCUT2D eigenvalue weighted by atomic mass is 9.72. The number of nitrogens with zero attached hydrogens (tertiary/aromatic N) is 1. The number of carbonyl (C=O) groups excluding carboxylic acids is 1. The van der Waals surface area contributed by atoms with E-state index in [0.29, 0.717) is 31.4 Å². The summed E-state index contributed by atoms with van der Waals surface area (Å²) in [7, 11) is 0. The maximum Gasteiger partial charge on any atom is 0.141 e. The average Bonchev–Trinajstić information content (AvgIpc) is 2.32. The number of rotatable bonds is 1. The molecule has 0 aliphatic heterocycles. The van der Waals surface area contributed by atoms with E-state index >= 15 is 0 Å². The highest BCUT2D eigenvalue weighted by molar-refractivity contribution is 5.80.